The third-order valence-corrected chi connectivity index (χ3v) is 11.5. The van der Waals surface area contributed by atoms with Crippen LogP contribution >= 0.6 is 0 Å². The summed E-state index contributed by atoms with van der Waals surface area (Å²) in [4.78, 5) is 48.1. The van der Waals surface area contributed by atoms with Gasteiger partial charge in [-0.3, -0.25) is 19.2 Å². The number of carbonyl (C=O) groups excluding carboxylic acids is 4. The molecular weight excluding hydrogens is 969 g/mol. The summed E-state index contributed by atoms with van der Waals surface area (Å²) in [6, 6.07) is 0. The van der Waals surface area contributed by atoms with Gasteiger partial charge in [-0.2, -0.15) is 0 Å². The maximum Gasteiger partial charge on any atom is 0.306 e. The third kappa shape index (κ3) is 43.3. The average molecular weight is 1070 g/mol. The van der Waals surface area contributed by atoms with Crippen LogP contribution in [0, 0.1) is 10.8 Å². The molecule has 4 N–H and O–H groups in total. The first-order chi connectivity index (χ1) is 37.0. The first kappa shape index (κ1) is 71.6. The van der Waals surface area contributed by atoms with Gasteiger partial charge in [0.2, 0.25) is 11.8 Å². The van der Waals surface area contributed by atoms with Crippen LogP contribution in [0.4, 0.5) is 0 Å². The van der Waals surface area contributed by atoms with Gasteiger partial charge in [0.25, 0.3) is 0 Å². The van der Waals surface area contributed by atoms with Crippen molar-refractivity contribution < 1.29 is 48.3 Å². The quantitative estimate of drug-likeness (QED) is 0.0263. The van der Waals surface area contributed by atoms with Crippen molar-refractivity contribution in [2.24, 2.45) is 10.8 Å². The second-order valence-electron chi connectivity index (χ2n) is 20.4. The van der Waals surface area contributed by atoms with Gasteiger partial charge in [0, 0.05) is 36.8 Å². The lowest BCUT2D eigenvalue weighted by Crippen LogP contribution is -2.56. The Morgan fingerprint density at radius 1 is 0.545 bits per heavy atom. The highest BCUT2D eigenvalue weighted by Gasteiger charge is 2.45. The third-order valence-electron chi connectivity index (χ3n) is 11.5. The van der Waals surface area contributed by atoms with Crippen LogP contribution in [0.15, 0.2) is 146 Å². The van der Waals surface area contributed by atoms with Crippen LogP contribution in [-0.2, 0) is 38.1 Å². The van der Waals surface area contributed by atoms with Crippen LogP contribution in [0.5, 0.6) is 0 Å². The van der Waals surface area contributed by atoms with E-state index < -0.39 is 34.7 Å². The van der Waals surface area contributed by atoms with Gasteiger partial charge in [-0.05, 0) is 117 Å². The topological polar surface area (TPSA) is 170 Å². The predicted octanol–water partition coefficient (Wildman–Crippen LogP) is 13.6. The van der Waals surface area contributed by atoms with Crippen LogP contribution in [-0.4, -0.2) is 91.5 Å². The SMILES string of the molecule is CC/C=C\C/C=C\C/C=C\C/C=C\C/C=C\C/C=C\CCC(=O)OCCCNC(=O)[C@@H](O)C(C)(C)CO.CC/C=C\C/C=C\C/C=C\C/C=C\C/C=C\C/C=C\CCC(=O)OCCCNC(=O)[C@H]1OC(C)(C)OCC1(C)C. The summed E-state index contributed by atoms with van der Waals surface area (Å²) in [5.41, 5.74) is -1.31. The Hall–Kier alpha value is -5.40. The second-order valence-corrected chi connectivity index (χ2v) is 20.4. The number of aliphatic hydroxyl groups excluding tert-OH is 2. The van der Waals surface area contributed by atoms with Crippen molar-refractivity contribution in [3.63, 3.8) is 0 Å². The molecule has 0 radical (unpaired) electrons. The van der Waals surface area contributed by atoms with Crippen molar-refractivity contribution in [3.05, 3.63) is 146 Å². The molecule has 2 amide bonds. The lowest BCUT2D eigenvalue weighted by atomic mass is 9.85. The highest BCUT2D eigenvalue weighted by atomic mass is 16.7. The molecule has 1 saturated heterocycles. The maximum atomic E-state index is 12.6. The summed E-state index contributed by atoms with van der Waals surface area (Å²) in [5.74, 6) is -1.97. The van der Waals surface area contributed by atoms with E-state index in [9.17, 15) is 29.4 Å². The van der Waals surface area contributed by atoms with E-state index in [4.69, 9.17) is 18.9 Å². The van der Waals surface area contributed by atoms with Crippen molar-refractivity contribution in [3.8, 4) is 0 Å². The Balaban J connectivity index is 0.00000151. The van der Waals surface area contributed by atoms with Crippen LogP contribution in [0.25, 0.3) is 0 Å². The van der Waals surface area contributed by atoms with Crippen molar-refractivity contribution in [1.29, 1.82) is 0 Å². The van der Waals surface area contributed by atoms with E-state index in [2.05, 4.69) is 152 Å². The number of rotatable bonds is 40. The highest BCUT2D eigenvalue weighted by Crippen LogP contribution is 2.35. The van der Waals surface area contributed by atoms with E-state index >= 15 is 0 Å². The molecular formula is C65H102N2O10. The fourth-order valence-electron chi connectivity index (χ4n) is 6.72. The van der Waals surface area contributed by atoms with Gasteiger partial charge < -0.3 is 39.8 Å². The number of hydrogen-bond acceptors (Lipinski definition) is 10. The first-order valence-electron chi connectivity index (χ1n) is 28.3. The molecule has 0 saturated carbocycles. The maximum absolute atomic E-state index is 12.6. The summed E-state index contributed by atoms with van der Waals surface area (Å²) in [6.45, 7) is 16.4. The van der Waals surface area contributed by atoms with Crippen LogP contribution in [0.1, 0.15) is 171 Å². The van der Waals surface area contributed by atoms with Crippen molar-refractivity contribution in [2.75, 3.05) is 39.5 Å². The van der Waals surface area contributed by atoms with Gasteiger partial charge in [-0.1, -0.05) is 187 Å². The van der Waals surface area contributed by atoms with E-state index in [1.165, 1.54) is 0 Å². The van der Waals surface area contributed by atoms with Crippen molar-refractivity contribution >= 4 is 23.8 Å². The van der Waals surface area contributed by atoms with E-state index in [1.807, 2.05) is 45.9 Å². The van der Waals surface area contributed by atoms with E-state index in [0.29, 0.717) is 51.7 Å². The molecule has 1 fully saturated rings. The van der Waals surface area contributed by atoms with Gasteiger partial charge in [-0.15, -0.1) is 0 Å². The first-order valence-corrected chi connectivity index (χ1v) is 28.3. The Bertz CT molecular complexity index is 1940. The van der Waals surface area contributed by atoms with Gasteiger partial charge in [0.15, 0.2) is 5.79 Å². The standard InChI is InChI=1S/C34H53NO5.C31H49NO5/c1-6-7-8-9-10-11-12-13-14-15-16-17-18-19-20-21-22-23-24-26-30(36)38-28-25-27-35-32(37)31-33(2,3)29-39-34(4,5)40-31;1-4-5-6-7-8-9-10-11-12-13-14-15-16-17-18-19-20-21-22-24-28(34)37-26-23-25-32-30(36)29(35)31(2,3)27-33/h7-8,10-11,13-14,16-17,19-20,22-23,31H,6,9,12,15,18,21,24-29H2,1-5H3,(H,35,37);5-6,8-9,11-12,14-15,17-18,20-21,29,33,35H,4,7,10,13,16,19,22-27H2,1-3H3,(H,32,36)/b8-7-,11-10-,14-13-,17-16-,20-19-,23-22-;6-5-,9-8-,12-11-,15-14-,18-17-,21-20-/t31-;29-/m11/s1. The monoisotopic (exact) mass is 1070 g/mol. The lowest BCUT2D eigenvalue weighted by molar-refractivity contribution is -0.304. The molecule has 0 spiro atoms. The van der Waals surface area contributed by atoms with E-state index in [0.717, 1.165) is 77.0 Å². The zero-order chi connectivity index (χ0) is 57.1. The molecule has 0 aromatic rings. The van der Waals surface area contributed by atoms with Crippen LogP contribution < -0.4 is 10.6 Å². The Kier molecular flexibility index (Phi) is 44.4. The fourth-order valence-corrected chi connectivity index (χ4v) is 6.72. The molecule has 1 rings (SSSR count). The smallest absolute Gasteiger partial charge is 0.306 e. The predicted molar refractivity (Wildman–Crippen MR) is 318 cm³/mol. The van der Waals surface area contributed by atoms with Crippen LogP contribution in [0.3, 0.4) is 0 Å². The highest BCUT2D eigenvalue weighted by molar-refractivity contribution is 5.82. The normalized spacial score (nSPS) is 16.6. The average Bonchev–Trinajstić information content (AvgIpc) is 3.40. The molecule has 0 bridgehead atoms. The zero-order valence-electron chi connectivity index (χ0n) is 48.6. The van der Waals surface area contributed by atoms with E-state index in [1.54, 1.807) is 13.8 Å². The molecule has 12 nitrogen and oxygen atoms in total. The number of ether oxygens (including phenoxy) is 4. The molecule has 0 aliphatic carbocycles. The molecule has 12 heteroatoms. The summed E-state index contributed by atoms with van der Waals surface area (Å²) in [7, 11) is 0. The Labute approximate surface area is 466 Å². The van der Waals surface area contributed by atoms with Gasteiger partial charge in [0.05, 0.1) is 26.4 Å². The van der Waals surface area contributed by atoms with E-state index in [-0.39, 0.29) is 44.2 Å². The number of esters is 2. The summed E-state index contributed by atoms with van der Waals surface area (Å²) in [5, 5.41) is 24.6. The largest absolute Gasteiger partial charge is 0.466 e. The Morgan fingerprint density at radius 3 is 1.21 bits per heavy atom. The van der Waals surface area contributed by atoms with Crippen molar-refractivity contribution in [2.45, 2.75) is 189 Å². The number of carbonyl (C=O) groups is 4. The number of aliphatic hydroxyl groups is 2. The molecule has 2 atom stereocenters. The molecule has 0 aromatic carbocycles. The molecule has 432 valence electrons. The number of allylic oxidation sites excluding steroid dienone is 24. The van der Waals surface area contributed by atoms with Crippen molar-refractivity contribution in [1.82, 2.24) is 10.6 Å². The number of hydrogen-bond donors (Lipinski definition) is 4. The molecule has 1 heterocycles. The summed E-state index contributed by atoms with van der Waals surface area (Å²) >= 11 is 0. The minimum atomic E-state index is -1.29. The molecule has 0 aromatic heterocycles. The van der Waals surface area contributed by atoms with Crippen LogP contribution in [0.2, 0.25) is 0 Å². The van der Waals surface area contributed by atoms with Gasteiger partial charge in [0.1, 0.15) is 12.2 Å². The zero-order valence-corrected chi connectivity index (χ0v) is 48.6. The Morgan fingerprint density at radius 2 is 0.870 bits per heavy atom. The molecule has 77 heavy (non-hydrogen) atoms. The summed E-state index contributed by atoms with van der Waals surface area (Å²) in [6.07, 6.45) is 64.4. The minimum Gasteiger partial charge on any atom is -0.466 e. The molecule has 1 aliphatic rings. The molecule has 0 unspecified atom stereocenters. The summed E-state index contributed by atoms with van der Waals surface area (Å²) < 4.78 is 21.9. The number of nitrogens with one attached hydrogen (secondary N) is 2. The fraction of sp³-hybridized carbons (Fsp3) is 0.569. The van der Waals surface area contributed by atoms with Gasteiger partial charge >= 0.3 is 11.9 Å². The minimum absolute atomic E-state index is 0.162. The lowest BCUT2D eigenvalue weighted by Gasteiger charge is -2.44. The second kappa shape index (κ2) is 47.8. The molecule has 1 aliphatic heterocycles. The number of amides is 2. The van der Waals surface area contributed by atoms with Gasteiger partial charge in [-0.25, -0.2) is 0 Å².